The third-order valence-electron chi connectivity index (χ3n) is 3.49. The van der Waals surface area contributed by atoms with E-state index in [-0.39, 0.29) is 0 Å². The molecule has 1 heteroatoms. The van der Waals surface area contributed by atoms with Gasteiger partial charge in [0.2, 0.25) is 0 Å². The summed E-state index contributed by atoms with van der Waals surface area (Å²) in [6.07, 6.45) is 9.05. The number of para-hydroxylation sites is 1. The van der Waals surface area contributed by atoms with Crippen LogP contribution in [-0.2, 0) is 6.54 Å². The van der Waals surface area contributed by atoms with Crippen LogP contribution in [0.3, 0.4) is 0 Å². The van der Waals surface area contributed by atoms with Crippen LogP contribution in [0, 0.1) is 6.92 Å². The molecule has 1 heterocycles. The minimum absolute atomic E-state index is 1.16. The van der Waals surface area contributed by atoms with Crippen LogP contribution >= 0.6 is 0 Å². The van der Waals surface area contributed by atoms with Gasteiger partial charge in [-0.3, -0.25) is 0 Å². The highest BCUT2D eigenvalue weighted by Crippen LogP contribution is 2.20. The number of nitrogens with zero attached hydrogens (tertiary/aromatic N) is 1. The molecule has 1 aromatic carbocycles. The Balaban J connectivity index is 1.99. The smallest absolute Gasteiger partial charge is 0.0483 e. The summed E-state index contributed by atoms with van der Waals surface area (Å²) in [5.41, 5.74) is 2.79. The third-order valence-corrected chi connectivity index (χ3v) is 3.49. The van der Waals surface area contributed by atoms with Crippen LogP contribution in [0.25, 0.3) is 10.9 Å². The van der Waals surface area contributed by atoms with Crippen molar-refractivity contribution in [2.45, 2.75) is 52.5 Å². The van der Waals surface area contributed by atoms with Gasteiger partial charge in [-0.15, -0.1) is 0 Å². The number of rotatable bonds is 6. The second-order valence-electron chi connectivity index (χ2n) is 4.94. The SMILES string of the molecule is CCCCCCCn1cc(C)c2ccccc21. The van der Waals surface area contributed by atoms with Crippen LogP contribution in [0.15, 0.2) is 30.5 Å². The average Bonchev–Trinajstić information content (AvgIpc) is 2.67. The largest absolute Gasteiger partial charge is 0.347 e. The van der Waals surface area contributed by atoms with Crippen LogP contribution < -0.4 is 0 Å². The summed E-state index contributed by atoms with van der Waals surface area (Å²) >= 11 is 0. The van der Waals surface area contributed by atoms with Gasteiger partial charge in [0.15, 0.2) is 0 Å². The minimum Gasteiger partial charge on any atom is -0.347 e. The van der Waals surface area contributed by atoms with Gasteiger partial charge in [-0.05, 0) is 25.0 Å². The van der Waals surface area contributed by atoms with Crippen molar-refractivity contribution in [2.75, 3.05) is 0 Å². The maximum Gasteiger partial charge on any atom is 0.0483 e. The number of unbranched alkanes of at least 4 members (excludes halogenated alkanes) is 4. The molecule has 0 bridgehead atoms. The molecule has 0 atom stereocenters. The monoisotopic (exact) mass is 229 g/mol. The van der Waals surface area contributed by atoms with Gasteiger partial charge in [0.05, 0.1) is 0 Å². The highest BCUT2D eigenvalue weighted by molar-refractivity contribution is 5.83. The Bertz CT molecular complexity index is 467. The number of hydrogen-bond acceptors (Lipinski definition) is 0. The summed E-state index contributed by atoms with van der Waals surface area (Å²) in [5, 5.41) is 1.40. The lowest BCUT2D eigenvalue weighted by Crippen LogP contribution is -1.95. The van der Waals surface area contributed by atoms with Crippen molar-refractivity contribution in [1.29, 1.82) is 0 Å². The molecule has 0 aliphatic rings. The molecule has 0 radical (unpaired) electrons. The lowest BCUT2D eigenvalue weighted by atomic mass is 10.1. The first-order valence-electron chi connectivity index (χ1n) is 6.87. The zero-order valence-corrected chi connectivity index (χ0v) is 11.1. The molecular formula is C16H23N. The molecular weight excluding hydrogens is 206 g/mol. The normalized spacial score (nSPS) is 11.2. The van der Waals surface area contributed by atoms with Crippen molar-refractivity contribution < 1.29 is 0 Å². The number of aryl methyl sites for hydroxylation is 2. The first-order valence-corrected chi connectivity index (χ1v) is 6.87. The van der Waals surface area contributed by atoms with Crippen molar-refractivity contribution in [3.8, 4) is 0 Å². The topological polar surface area (TPSA) is 4.93 Å². The standard InChI is InChI=1S/C16H23N/c1-3-4-5-6-9-12-17-13-14(2)15-10-7-8-11-16(15)17/h7-8,10-11,13H,3-6,9,12H2,1-2H3. The van der Waals surface area contributed by atoms with E-state index >= 15 is 0 Å². The van der Waals surface area contributed by atoms with E-state index in [4.69, 9.17) is 0 Å². The van der Waals surface area contributed by atoms with E-state index in [1.165, 1.54) is 48.6 Å². The first-order chi connectivity index (χ1) is 8.33. The number of fused-ring (bicyclic) bond motifs is 1. The summed E-state index contributed by atoms with van der Waals surface area (Å²) in [7, 11) is 0. The van der Waals surface area contributed by atoms with Crippen LogP contribution in [0.1, 0.15) is 44.6 Å². The first kappa shape index (κ1) is 12.2. The summed E-state index contributed by atoms with van der Waals surface area (Å²) in [5.74, 6) is 0. The molecule has 0 fully saturated rings. The lowest BCUT2D eigenvalue weighted by Gasteiger charge is -2.05. The zero-order chi connectivity index (χ0) is 12.1. The quantitative estimate of drug-likeness (QED) is 0.620. The maximum atomic E-state index is 2.41. The molecule has 0 unspecified atom stereocenters. The van der Waals surface area contributed by atoms with Gasteiger partial charge in [0, 0.05) is 23.6 Å². The maximum absolute atomic E-state index is 2.41. The van der Waals surface area contributed by atoms with Crippen LogP contribution in [0.5, 0.6) is 0 Å². The van der Waals surface area contributed by atoms with Crippen LogP contribution in [0.4, 0.5) is 0 Å². The third kappa shape index (κ3) is 2.91. The highest BCUT2D eigenvalue weighted by atomic mass is 14.9. The summed E-state index contributed by atoms with van der Waals surface area (Å²) in [6.45, 7) is 5.64. The highest BCUT2D eigenvalue weighted by Gasteiger charge is 2.03. The Labute approximate surface area is 104 Å². The molecule has 0 N–H and O–H groups in total. The lowest BCUT2D eigenvalue weighted by molar-refractivity contribution is 0.577. The predicted molar refractivity (Wildman–Crippen MR) is 75.4 cm³/mol. The molecule has 0 spiro atoms. The molecule has 0 saturated carbocycles. The fourth-order valence-corrected chi connectivity index (χ4v) is 2.50. The molecule has 17 heavy (non-hydrogen) atoms. The zero-order valence-electron chi connectivity index (χ0n) is 11.1. The molecule has 1 aromatic heterocycles. The van der Waals surface area contributed by atoms with E-state index < -0.39 is 0 Å². The van der Waals surface area contributed by atoms with Gasteiger partial charge < -0.3 is 4.57 Å². The van der Waals surface area contributed by atoms with Crippen molar-refractivity contribution in [2.24, 2.45) is 0 Å². The Morgan fingerprint density at radius 3 is 2.59 bits per heavy atom. The molecule has 1 nitrogen and oxygen atoms in total. The average molecular weight is 229 g/mol. The van der Waals surface area contributed by atoms with E-state index in [0.29, 0.717) is 0 Å². The Kier molecular flexibility index (Phi) is 4.24. The second kappa shape index (κ2) is 5.90. The van der Waals surface area contributed by atoms with Crippen molar-refractivity contribution in [3.63, 3.8) is 0 Å². The van der Waals surface area contributed by atoms with Gasteiger partial charge in [-0.1, -0.05) is 50.8 Å². The summed E-state index contributed by atoms with van der Waals surface area (Å²) in [6, 6.07) is 8.71. The molecule has 0 aliphatic heterocycles. The van der Waals surface area contributed by atoms with Crippen molar-refractivity contribution in [1.82, 2.24) is 4.57 Å². The minimum atomic E-state index is 1.16. The Morgan fingerprint density at radius 1 is 1.00 bits per heavy atom. The number of hydrogen-bond donors (Lipinski definition) is 0. The molecule has 0 amide bonds. The fourth-order valence-electron chi connectivity index (χ4n) is 2.50. The molecule has 0 aliphatic carbocycles. The van der Waals surface area contributed by atoms with Crippen LogP contribution in [-0.4, -0.2) is 4.57 Å². The number of benzene rings is 1. The van der Waals surface area contributed by atoms with E-state index in [0.717, 1.165) is 6.54 Å². The van der Waals surface area contributed by atoms with Crippen LogP contribution in [0.2, 0.25) is 0 Å². The van der Waals surface area contributed by atoms with Gasteiger partial charge in [-0.25, -0.2) is 0 Å². The van der Waals surface area contributed by atoms with Gasteiger partial charge in [0.25, 0.3) is 0 Å². The van der Waals surface area contributed by atoms with E-state index in [1.54, 1.807) is 0 Å². The van der Waals surface area contributed by atoms with Gasteiger partial charge >= 0.3 is 0 Å². The fraction of sp³-hybridized carbons (Fsp3) is 0.500. The molecule has 2 rings (SSSR count). The summed E-state index contributed by atoms with van der Waals surface area (Å²) in [4.78, 5) is 0. The van der Waals surface area contributed by atoms with Crippen molar-refractivity contribution in [3.05, 3.63) is 36.0 Å². The molecule has 0 saturated heterocycles. The second-order valence-corrected chi connectivity index (χ2v) is 4.94. The van der Waals surface area contributed by atoms with E-state index in [1.807, 2.05) is 0 Å². The Morgan fingerprint density at radius 2 is 1.76 bits per heavy atom. The van der Waals surface area contributed by atoms with E-state index in [9.17, 15) is 0 Å². The molecule has 2 aromatic rings. The van der Waals surface area contributed by atoms with Gasteiger partial charge in [-0.2, -0.15) is 0 Å². The Hall–Kier alpha value is -1.24. The number of aromatic nitrogens is 1. The van der Waals surface area contributed by atoms with Gasteiger partial charge in [0.1, 0.15) is 0 Å². The van der Waals surface area contributed by atoms with Crippen molar-refractivity contribution >= 4 is 10.9 Å². The predicted octanol–water partition coefficient (Wildman–Crippen LogP) is 4.92. The van der Waals surface area contributed by atoms with E-state index in [2.05, 4.69) is 48.9 Å². The molecule has 92 valence electrons. The summed E-state index contributed by atoms with van der Waals surface area (Å²) < 4.78 is 2.41.